The van der Waals surface area contributed by atoms with E-state index in [2.05, 4.69) is 12.6 Å². The molecule has 6 nitrogen and oxygen atoms in total. The number of benzene rings is 1. The summed E-state index contributed by atoms with van der Waals surface area (Å²) in [6.07, 6.45) is 1.76. The molecule has 0 saturated carbocycles. The lowest BCUT2D eigenvalue weighted by Gasteiger charge is -2.09. The number of carboxylic acids is 1. The van der Waals surface area contributed by atoms with Crippen molar-refractivity contribution in [1.29, 1.82) is 0 Å². The average molecular weight is 307 g/mol. The third-order valence-corrected chi connectivity index (χ3v) is 3.70. The van der Waals surface area contributed by atoms with Crippen LogP contribution in [0.25, 0.3) is 10.9 Å². The maximum absolute atomic E-state index is 12.3. The average Bonchev–Trinajstić information content (AvgIpc) is 2.84. The van der Waals surface area contributed by atoms with Gasteiger partial charge >= 0.3 is 5.97 Å². The Kier molecular flexibility index (Phi) is 4.66. The summed E-state index contributed by atoms with van der Waals surface area (Å²) in [6, 6.07) is 5.51. The molecule has 0 aliphatic rings. The number of fused-ring (bicyclic) bond motifs is 1. The zero-order valence-corrected chi connectivity index (χ0v) is 12.2. The quantitative estimate of drug-likeness (QED) is 0.601. The molecular weight excluding hydrogens is 290 g/mol. The van der Waals surface area contributed by atoms with E-state index in [9.17, 15) is 9.59 Å². The molecule has 0 saturated heterocycles. The van der Waals surface area contributed by atoms with E-state index in [4.69, 9.17) is 16.6 Å². The van der Waals surface area contributed by atoms with Crippen LogP contribution in [0, 0.1) is 0 Å². The van der Waals surface area contributed by atoms with Crippen molar-refractivity contribution in [3.05, 3.63) is 36.0 Å². The summed E-state index contributed by atoms with van der Waals surface area (Å²) in [5.74, 6) is -1.13. The molecule has 0 spiro atoms. The lowest BCUT2D eigenvalue weighted by atomic mass is 10.1. The summed E-state index contributed by atoms with van der Waals surface area (Å²) >= 11 is 4.03. The minimum Gasteiger partial charge on any atom is -0.480 e. The van der Waals surface area contributed by atoms with Crippen LogP contribution in [0.1, 0.15) is 10.4 Å². The van der Waals surface area contributed by atoms with Gasteiger partial charge in [0.1, 0.15) is 6.04 Å². The van der Waals surface area contributed by atoms with Crippen LogP contribution in [-0.2, 0) is 11.2 Å². The highest BCUT2D eigenvalue weighted by atomic mass is 32.1. The van der Waals surface area contributed by atoms with Crippen LogP contribution in [0.15, 0.2) is 30.5 Å². The number of nitrogens with two attached hydrogens (primary N) is 2. The van der Waals surface area contributed by atoms with E-state index >= 15 is 0 Å². The third kappa shape index (κ3) is 3.10. The molecule has 2 rings (SSSR count). The molecule has 2 atom stereocenters. The first-order valence-electron chi connectivity index (χ1n) is 6.43. The molecule has 112 valence electrons. The number of carbonyl (C=O) groups is 2. The van der Waals surface area contributed by atoms with Gasteiger partial charge in [0.2, 0.25) is 5.91 Å². The summed E-state index contributed by atoms with van der Waals surface area (Å²) in [4.78, 5) is 23.2. The van der Waals surface area contributed by atoms with Gasteiger partial charge in [-0.1, -0.05) is 18.2 Å². The van der Waals surface area contributed by atoms with Crippen LogP contribution in [-0.4, -0.2) is 39.4 Å². The molecule has 21 heavy (non-hydrogen) atoms. The maximum atomic E-state index is 12.3. The Bertz CT molecular complexity index is 683. The Labute approximate surface area is 127 Å². The van der Waals surface area contributed by atoms with E-state index in [0.29, 0.717) is 11.1 Å². The molecule has 1 heterocycles. The summed E-state index contributed by atoms with van der Waals surface area (Å²) in [5.41, 5.74) is 12.7. The first-order chi connectivity index (χ1) is 9.95. The minimum atomic E-state index is -1.08. The standard InChI is InChI=1S/C14H17N3O3S/c15-10(14(19)20)5-8-6-17(13(18)11(16)7-21)12-4-2-1-3-9(8)12/h1-4,6,10-11,21H,5,7,15-16H2,(H,19,20)/t10-,11-/m0/s1. The Morgan fingerprint density at radius 1 is 1.24 bits per heavy atom. The predicted octanol–water partition coefficient (Wildman–Crippen LogP) is 0.493. The fourth-order valence-corrected chi connectivity index (χ4v) is 2.33. The minimum absolute atomic E-state index is 0.145. The molecule has 5 N–H and O–H groups in total. The zero-order chi connectivity index (χ0) is 15.6. The molecule has 0 radical (unpaired) electrons. The van der Waals surface area contributed by atoms with Crippen LogP contribution in [0.4, 0.5) is 0 Å². The van der Waals surface area contributed by atoms with E-state index < -0.39 is 18.1 Å². The lowest BCUT2D eigenvalue weighted by molar-refractivity contribution is -0.138. The van der Waals surface area contributed by atoms with Crippen molar-refractivity contribution >= 4 is 35.4 Å². The van der Waals surface area contributed by atoms with Crippen molar-refractivity contribution < 1.29 is 14.7 Å². The van der Waals surface area contributed by atoms with Gasteiger partial charge in [-0.05, 0) is 11.6 Å². The second kappa shape index (κ2) is 6.30. The Balaban J connectivity index is 2.48. The molecular formula is C14H17N3O3S. The third-order valence-electron chi connectivity index (χ3n) is 3.30. The van der Waals surface area contributed by atoms with Gasteiger partial charge in [0.25, 0.3) is 0 Å². The molecule has 0 amide bonds. The summed E-state index contributed by atoms with van der Waals surface area (Å²) in [7, 11) is 0. The van der Waals surface area contributed by atoms with Gasteiger partial charge in [-0.15, -0.1) is 0 Å². The Morgan fingerprint density at radius 2 is 1.90 bits per heavy atom. The molecule has 0 fully saturated rings. The number of carboxylic acid groups (broad SMARTS) is 1. The fraction of sp³-hybridized carbons (Fsp3) is 0.286. The first kappa shape index (κ1) is 15.6. The Morgan fingerprint density at radius 3 is 2.52 bits per heavy atom. The lowest BCUT2D eigenvalue weighted by Crippen LogP contribution is -2.36. The largest absolute Gasteiger partial charge is 0.480 e. The van der Waals surface area contributed by atoms with Crippen LogP contribution in [0.5, 0.6) is 0 Å². The van der Waals surface area contributed by atoms with Crippen molar-refractivity contribution in [3.63, 3.8) is 0 Å². The predicted molar refractivity (Wildman–Crippen MR) is 83.7 cm³/mol. The van der Waals surface area contributed by atoms with E-state index in [-0.39, 0.29) is 18.1 Å². The molecule has 0 aliphatic heterocycles. The summed E-state index contributed by atoms with van der Waals surface area (Å²) in [6.45, 7) is 0. The number of carbonyl (C=O) groups excluding carboxylic acids is 1. The van der Waals surface area contributed by atoms with E-state index in [0.717, 1.165) is 5.39 Å². The number of para-hydroxylation sites is 1. The number of aromatic nitrogens is 1. The Hall–Kier alpha value is -1.83. The summed E-state index contributed by atoms with van der Waals surface area (Å²) in [5, 5.41) is 9.73. The van der Waals surface area contributed by atoms with Crippen LogP contribution < -0.4 is 11.5 Å². The molecule has 7 heteroatoms. The van der Waals surface area contributed by atoms with E-state index in [1.165, 1.54) is 4.57 Å². The number of hydrogen-bond acceptors (Lipinski definition) is 5. The maximum Gasteiger partial charge on any atom is 0.320 e. The smallest absolute Gasteiger partial charge is 0.320 e. The van der Waals surface area contributed by atoms with Crippen molar-refractivity contribution in [2.45, 2.75) is 18.5 Å². The highest BCUT2D eigenvalue weighted by Crippen LogP contribution is 2.22. The number of thiol groups is 1. The first-order valence-corrected chi connectivity index (χ1v) is 7.07. The topological polar surface area (TPSA) is 111 Å². The second-order valence-corrected chi connectivity index (χ2v) is 5.18. The molecule has 0 aliphatic carbocycles. The zero-order valence-electron chi connectivity index (χ0n) is 11.3. The fourth-order valence-electron chi connectivity index (χ4n) is 2.18. The van der Waals surface area contributed by atoms with Crippen molar-refractivity contribution in [2.75, 3.05) is 5.75 Å². The molecule has 1 aromatic carbocycles. The second-order valence-electron chi connectivity index (χ2n) is 4.82. The van der Waals surface area contributed by atoms with Gasteiger partial charge in [-0.2, -0.15) is 12.6 Å². The van der Waals surface area contributed by atoms with Crippen LogP contribution >= 0.6 is 12.6 Å². The highest BCUT2D eigenvalue weighted by molar-refractivity contribution is 7.80. The SMILES string of the molecule is N[C@@H](Cc1cn(C(=O)[C@@H](N)CS)c2ccccc12)C(=O)O. The molecule has 1 aromatic heterocycles. The number of hydrogen-bond donors (Lipinski definition) is 4. The molecule has 0 unspecified atom stereocenters. The van der Waals surface area contributed by atoms with Crippen molar-refractivity contribution in [1.82, 2.24) is 4.57 Å². The van der Waals surface area contributed by atoms with Gasteiger partial charge < -0.3 is 16.6 Å². The van der Waals surface area contributed by atoms with Crippen molar-refractivity contribution in [2.24, 2.45) is 11.5 Å². The number of nitrogens with zero attached hydrogens (tertiary/aromatic N) is 1. The van der Waals surface area contributed by atoms with Gasteiger partial charge in [0.15, 0.2) is 0 Å². The number of rotatable bonds is 5. The highest BCUT2D eigenvalue weighted by Gasteiger charge is 2.20. The van der Waals surface area contributed by atoms with Crippen LogP contribution in [0.2, 0.25) is 0 Å². The molecule has 2 aromatic rings. The van der Waals surface area contributed by atoms with Crippen LogP contribution in [0.3, 0.4) is 0 Å². The van der Waals surface area contributed by atoms with Gasteiger partial charge in [-0.3, -0.25) is 14.2 Å². The van der Waals surface area contributed by atoms with Crippen molar-refractivity contribution in [3.8, 4) is 0 Å². The molecule has 0 bridgehead atoms. The normalized spacial score (nSPS) is 14.0. The summed E-state index contributed by atoms with van der Waals surface area (Å²) < 4.78 is 1.44. The number of aliphatic carboxylic acids is 1. The monoisotopic (exact) mass is 307 g/mol. The van der Waals surface area contributed by atoms with E-state index in [1.807, 2.05) is 12.1 Å². The van der Waals surface area contributed by atoms with Gasteiger partial charge in [0, 0.05) is 23.8 Å². The van der Waals surface area contributed by atoms with Gasteiger partial charge in [0.05, 0.1) is 11.6 Å². The van der Waals surface area contributed by atoms with Gasteiger partial charge in [-0.25, -0.2) is 0 Å². The van der Waals surface area contributed by atoms with E-state index in [1.54, 1.807) is 18.3 Å².